The first kappa shape index (κ1) is 19.1. The van der Waals surface area contributed by atoms with E-state index in [0.717, 1.165) is 5.69 Å². The Morgan fingerprint density at radius 2 is 1.81 bits per heavy atom. The molecule has 0 aliphatic carbocycles. The molecule has 140 valence electrons. The lowest BCUT2D eigenvalue weighted by Gasteiger charge is -2.10. The molecular weight excluding hydrogens is 369 g/mol. The molecule has 0 bridgehead atoms. The molecule has 8 heteroatoms. The topological polar surface area (TPSA) is 66.2 Å². The molecule has 6 nitrogen and oxygen atoms in total. The van der Waals surface area contributed by atoms with Gasteiger partial charge in [0.2, 0.25) is 0 Å². The van der Waals surface area contributed by atoms with E-state index in [4.69, 9.17) is 9.47 Å². The first-order valence-electron chi connectivity index (χ1n) is 8.24. The van der Waals surface area contributed by atoms with Gasteiger partial charge in [0.15, 0.2) is 11.0 Å². The maximum Gasteiger partial charge on any atom is 0.316 e. The van der Waals surface area contributed by atoms with E-state index in [1.54, 1.807) is 22.8 Å². The van der Waals surface area contributed by atoms with Crippen LogP contribution in [0, 0.1) is 5.82 Å². The van der Waals surface area contributed by atoms with Crippen LogP contribution in [0.4, 0.5) is 4.39 Å². The fourth-order valence-corrected chi connectivity index (χ4v) is 3.14. The average molecular weight is 387 g/mol. The molecule has 1 heterocycles. The highest BCUT2D eigenvalue weighted by Crippen LogP contribution is 2.29. The standard InChI is InChI=1S/C19H18FN3O3S/c1-25-11-12-26-17(24)13-27-19-22-21-18(15-9-5-6-10-16(15)20)23(19)14-7-3-2-4-8-14/h2-10H,11-13H2,1H3. The predicted molar refractivity (Wildman–Crippen MR) is 100 cm³/mol. The van der Waals surface area contributed by atoms with Crippen molar-refractivity contribution in [3.8, 4) is 17.1 Å². The van der Waals surface area contributed by atoms with Crippen molar-refractivity contribution < 1.29 is 18.7 Å². The van der Waals surface area contributed by atoms with E-state index < -0.39 is 5.82 Å². The van der Waals surface area contributed by atoms with Crippen molar-refractivity contribution in [2.24, 2.45) is 0 Å². The van der Waals surface area contributed by atoms with Crippen molar-refractivity contribution in [1.29, 1.82) is 0 Å². The lowest BCUT2D eigenvalue weighted by atomic mass is 10.2. The Hall–Kier alpha value is -2.71. The Balaban J connectivity index is 1.89. The molecule has 3 rings (SSSR count). The van der Waals surface area contributed by atoms with Crippen LogP contribution >= 0.6 is 11.8 Å². The zero-order valence-electron chi connectivity index (χ0n) is 14.7. The highest BCUT2D eigenvalue weighted by molar-refractivity contribution is 7.99. The van der Waals surface area contributed by atoms with Crippen molar-refractivity contribution in [3.05, 3.63) is 60.4 Å². The maximum atomic E-state index is 14.3. The minimum absolute atomic E-state index is 0.0615. The number of nitrogens with zero attached hydrogens (tertiary/aromatic N) is 3. The van der Waals surface area contributed by atoms with Crippen molar-refractivity contribution in [2.75, 3.05) is 26.1 Å². The summed E-state index contributed by atoms with van der Waals surface area (Å²) in [5, 5.41) is 8.79. The van der Waals surface area contributed by atoms with Crippen LogP contribution in [0.3, 0.4) is 0 Å². The van der Waals surface area contributed by atoms with Crippen molar-refractivity contribution in [1.82, 2.24) is 14.8 Å². The van der Waals surface area contributed by atoms with Gasteiger partial charge >= 0.3 is 5.97 Å². The van der Waals surface area contributed by atoms with Crippen LogP contribution in [0.25, 0.3) is 17.1 Å². The van der Waals surface area contributed by atoms with Gasteiger partial charge in [-0.25, -0.2) is 4.39 Å². The molecule has 0 spiro atoms. The van der Waals surface area contributed by atoms with Crippen LogP contribution in [0.15, 0.2) is 59.8 Å². The second-order valence-corrected chi connectivity index (χ2v) is 6.40. The third-order valence-corrected chi connectivity index (χ3v) is 4.53. The molecule has 0 radical (unpaired) electrons. The molecule has 3 aromatic rings. The average Bonchev–Trinajstić information content (AvgIpc) is 3.11. The van der Waals surface area contributed by atoms with E-state index >= 15 is 0 Å². The number of hydrogen-bond donors (Lipinski definition) is 0. The van der Waals surface area contributed by atoms with Crippen molar-refractivity contribution in [3.63, 3.8) is 0 Å². The molecule has 0 aliphatic rings. The van der Waals surface area contributed by atoms with E-state index in [1.165, 1.54) is 24.9 Å². The Morgan fingerprint density at radius 1 is 1.07 bits per heavy atom. The molecule has 27 heavy (non-hydrogen) atoms. The summed E-state index contributed by atoms with van der Waals surface area (Å²) in [5.41, 5.74) is 1.11. The molecule has 0 amide bonds. The third-order valence-electron chi connectivity index (χ3n) is 3.63. The lowest BCUT2D eigenvalue weighted by molar-refractivity contribution is -0.141. The molecule has 0 atom stereocenters. The molecule has 0 saturated carbocycles. The van der Waals surface area contributed by atoms with Crippen molar-refractivity contribution >= 4 is 17.7 Å². The maximum absolute atomic E-state index is 14.3. The largest absolute Gasteiger partial charge is 0.463 e. The number of rotatable bonds is 8. The van der Waals surface area contributed by atoms with Gasteiger partial charge in [-0.2, -0.15) is 0 Å². The number of thioether (sulfide) groups is 1. The zero-order valence-corrected chi connectivity index (χ0v) is 15.5. The number of esters is 1. The predicted octanol–water partition coefficient (Wildman–Crippen LogP) is 3.36. The molecule has 0 saturated heterocycles. The van der Waals surface area contributed by atoms with Gasteiger partial charge in [-0.1, -0.05) is 42.1 Å². The highest BCUT2D eigenvalue weighted by Gasteiger charge is 2.19. The highest BCUT2D eigenvalue weighted by atomic mass is 32.2. The summed E-state index contributed by atoms with van der Waals surface area (Å²) < 4.78 is 25.9. The summed E-state index contributed by atoms with van der Waals surface area (Å²) in [6, 6.07) is 15.7. The normalized spacial score (nSPS) is 10.7. The summed E-state index contributed by atoms with van der Waals surface area (Å²) in [4.78, 5) is 11.9. The SMILES string of the molecule is COCCOC(=O)CSc1nnc(-c2ccccc2F)n1-c1ccccc1. The quantitative estimate of drug-likeness (QED) is 0.335. The number of ether oxygens (including phenoxy) is 2. The Morgan fingerprint density at radius 3 is 2.56 bits per heavy atom. The van der Waals surface area contributed by atoms with E-state index in [-0.39, 0.29) is 18.3 Å². The fraction of sp³-hybridized carbons (Fsp3) is 0.211. The number of aromatic nitrogens is 3. The second-order valence-electron chi connectivity index (χ2n) is 5.46. The number of carbonyl (C=O) groups is 1. The van der Waals surface area contributed by atoms with Gasteiger partial charge in [0.05, 0.1) is 17.9 Å². The van der Waals surface area contributed by atoms with E-state index in [0.29, 0.717) is 23.2 Å². The van der Waals surface area contributed by atoms with Crippen LogP contribution in [0.1, 0.15) is 0 Å². The van der Waals surface area contributed by atoms with Crippen LogP contribution < -0.4 is 0 Å². The second kappa shape index (κ2) is 9.29. The monoisotopic (exact) mass is 387 g/mol. The Bertz CT molecular complexity index is 902. The number of carbonyl (C=O) groups excluding carboxylic acids is 1. The van der Waals surface area contributed by atoms with Crippen LogP contribution in [-0.2, 0) is 14.3 Å². The summed E-state index contributed by atoms with van der Waals surface area (Å²) in [5.74, 6) is -0.342. The summed E-state index contributed by atoms with van der Waals surface area (Å²) in [7, 11) is 1.54. The molecule has 1 aromatic heterocycles. The number of hydrogen-bond acceptors (Lipinski definition) is 6. The van der Waals surface area contributed by atoms with Gasteiger partial charge in [0.25, 0.3) is 0 Å². The molecule has 0 fully saturated rings. The fourth-order valence-electron chi connectivity index (χ4n) is 2.39. The van der Waals surface area contributed by atoms with Crippen LogP contribution in [-0.4, -0.2) is 46.8 Å². The number of methoxy groups -OCH3 is 1. The Labute approximate surface area is 160 Å². The first-order chi connectivity index (χ1) is 13.2. The summed E-state index contributed by atoms with van der Waals surface area (Å²) >= 11 is 1.18. The number of halogens is 1. The zero-order chi connectivity index (χ0) is 19.1. The summed E-state index contributed by atoms with van der Waals surface area (Å²) in [6.45, 7) is 0.537. The van der Waals surface area contributed by atoms with Crippen LogP contribution in [0.5, 0.6) is 0 Å². The third kappa shape index (κ3) is 4.72. The number of para-hydroxylation sites is 1. The van der Waals surface area contributed by atoms with Gasteiger partial charge in [0, 0.05) is 12.8 Å². The Kier molecular flexibility index (Phi) is 6.56. The van der Waals surface area contributed by atoms with Crippen LogP contribution in [0.2, 0.25) is 0 Å². The molecular formula is C19H18FN3O3S. The van der Waals surface area contributed by atoms with E-state index in [2.05, 4.69) is 10.2 Å². The molecule has 2 aromatic carbocycles. The summed E-state index contributed by atoms with van der Waals surface area (Å²) in [6.07, 6.45) is 0. The van der Waals surface area contributed by atoms with Gasteiger partial charge in [0.1, 0.15) is 12.4 Å². The minimum atomic E-state index is -0.391. The minimum Gasteiger partial charge on any atom is -0.463 e. The van der Waals surface area contributed by atoms with Gasteiger partial charge in [-0.05, 0) is 24.3 Å². The van der Waals surface area contributed by atoms with Crippen molar-refractivity contribution in [2.45, 2.75) is 5.16 Å². The molecule has 0 N–H and O–H groups in total. The van der Waals surface area contributed by atoms with E-state index in [1.807, 2.05) is 30.3 Å². The lowest BCUT2D eigenvalue weighted by Crippen LogP contribution is -2.12. The first-order valence-corrected chi connectivity index (χ1v) is 9.22. The van der Waals surface area contributed by atoms with Gasteiger partial charge in [-0.3, -0.25) is 9.36 Å². The molecule has 0 aliphatic heterocycles. The van der Waals surface area contributed by atoms with Gasteiger partial charge in [-0.15, -0.1) is 10.2 Å². The van der Waals surface area contributed by atoms with Gasteiger partial charge < -0.3 is 9.47 Å². The molecule has 0 unspecified atom stereocenters. The van der Waals surface area contributed by atoms with E-state index in [9.17, 15) is 9.18 Å². The smallest absolute Gasteiger partial charge is 0.316 e. The number of benzene rings is 2.